The largest absolute Gasteiger partial charge is 0.352 e. The lowest BCUT2D eigenvalue weighted by Crippen LogP contribution is -2.33. The molecule has 7 nitrogen and oxygen atoms in total. The Labute approximate surface area is 140 Å². The summed E-state index contributed by atoms with van der Waals surface area (Å²) in [6, 6.07) is 4.87. The molecule has 1 aliphatic rings. The number of nitrogens with zero attached hydrogens (tertiary/aromatic N) is 1. The third-order valence-corrected chi connectivity index (χ3v) is 5.47. The minimum Gasteiger partial charge on any atom is -0.352 e. The second-order valence-corrected chi connectivity index (χ2v) is 7.71. The molecule has 1 amide bonds. The fourth-order valence-corrected chi connectivity index (χ4v) is 3.87. The number of carbonyl (C=O) groups is 1. The van der Waals surface area contributed by atoms with E-state index in [1.165, 1.54) is 11.6 Å². The van der Waals surface area contributed by atoms with Crippen LogP contribution in [-0.2, 0) is 34.2 Å². The van der Waals surface area contributed by atoms with Crippen LogP contribution in [0.4, 0.5) is 0 Å². The lowest BCUT2D eigenvalue weighted by Gasteiger charge is -2.21. The van der Waals surface area contributed by atoms with E-state index in [9.17, 15) is 13.2 Å². The zero-order valence-electron chi connectivity index (χ0n) is 13.4. The summed E-state index contributed by atoms with van der Waals surface area (Å²) in [4.78, 5) is 12.5. The van der Waals surface area contributed by atoms with Crippen molar-refractivity contribution in [3.05, 3.63) is 46.8 Å². The number of H-pyrrole nitrogens is 1. The first kappa shape index (κ1) is 16.7. The maximum atomic E-state index is 12.4. The fourth-order valence-electron chi connectivity index (χ4n) is 3.11. The van der Waals surface area contributed by atoms with Crippen molar-refractivity contribution >= 4 is 15.9 Å². The van der Waals surface area contributed by atoms with Crippen molar-refractivity contribution in [2.45, 2.75) is 37.6 Å². The Morgan fingerprint density at radius 2 is 2.25 bits per heavy atom. The van der Waals surface area contributed by atoms with Crippen LogP contribution in [0.25, 0.3) is 0 Å². The molecule has 4 N–H and O–H groups in total. The first-order valence-electron chi connectivity index (χ1n) is 7.76. The Morgan fingerprint density at radius 1 is 1.46 bits per heavy atom. The van der Waals surface area contributed by atoms with Gasteiger partial charge in [-0.3, -0.25) is 9.89 Å². The van der Waals surface area contributed by atoms with Gasteiger partial charge in [0.1, 0.15) is 0 Å². The third-order valence-electron chi connectivity index (χ3n) is 4.40. The van der Waals surface area contributed by atoms with Crippen molar-refractivity contribution in [1.29, 1.82) is 0 Å². The molecule has 1 aromatic heterocycles. The van der Waals surface area contributed by atoms with Gasteiger partial charge in [0, 0.05) is 24.6 Å². The number of nitrogens with one attached hydrogen (secondary N) is 2. The number of aromatic amines is 1. The smallest absolute Gasteiger partial charge is 0.238 e. The Hall–Kier alpha value is -2.19. The molecule has 0 spiro atoms. The molecule has 0 fully saturated rings. The van der Waals surface area contributed by atoms with E-state index < -0.39 is 10.0 Å². The molecule has 0 saturated carbocycles. The minimum atomic E-state index is -3.72. The molecule has 8 heteroatoms. The van der Waals surface area contributed by atoms with Crippen LogP contribution in [0.1, 0.15) is 28.8 Å². The summed E-state index contributed by atoms with van der Waals surface area (Å²) >= 11 is 0. The van der Waals surface area contributed by atoms with Gasteiger partial charge >= 0.3 is 0 Å². The molecule has 1 aliphatic carbocycles. The number of benzene rings is 1. The molecule has 0 saturated heterocycles. The van der Waals surface area contributed by atoms with Crippen molar-refractivity contribution < 1.29 is 13.2 Å². The molecule has 24 heavy (non-hydrogen) atoms. The van der Waals surface area contributed by atoms with E-state index in [1.54, 1.807) is 19.1 Å². The standard InChI is InChI=1S/C16H20N4O3S/c1-10-6-11(2-5-15(10)24(17,22)23)8-18-16(21)12-3-4-13-9-19-20-14(13)7-12/h2,5-6,9,12H,3-4,7-8H2,1H3,(H,18,21)(H,19,20)(H2,17,22,23)/t12-/m1/s1. The summed E-state index contributed by atoms with van der Waals surface area (Å²) in [6.07, 6.45) is 4.15. The lowest BCUT2D eigenvalue weighted by molar-refractivity contribution is -0.125. The van der Waals surface area contributed by atoms with Crippen LogP contribution in [0.15, 0.2) is 29.3 Å². The number of carbonyl (C=O) groups excluding carboxylic acids is 1. The molecule has 3 rings (SSSR count). The van der Waals surface area contributed by atoms with Gasteiger partial charge in [-0.2, -0.15) is 5.10 Å². The van der Waals surface area contributed by atoms with Gasteiger partial charge in [0.2, 0.25) is 15.9 Å². The summed E-state index contributed by atoms with van der Waals surface area (Å²) in [5.74, 6) is -0.0637. The Bertz CT molecular complexity index is 873. The van der Waals surface area contributed by atoms with E-state index in [0.717, 1.165) is 24.1 Å². The summed E-state index contributed by atoms with van der Waals surface area (Å²) in [5.41, 5.74) is 3.64. The quantitative estimate of drug-likeness (QED) is 0.757. The molecule has 0 aliphatic heterocycles. The molecular weight excluding hydrogens is 328 g/mol. The van der Waals surface area contributed by atoms with E-state index in [2.05, 4.69) is 15.5 Å². The highest BCUT2D eigenvalue weighted by Gasteiger charge is 2.25. The summed E-state index contributed by atoms with van der Waals surface area (Å²) in [7, 11) is -3.72. The second-order valence-electron chi connectivity index (χ2n) is 6.18. The highest BCUT2D eigenvalue weighted by molar-refractivity contribution is 7.89. The summed E-state index contributed by atoms with van der Waals surface area (Å²) in [6.45, 7) is 2.04. The van der Waals surface area contributed by atoms with Gasteiger partial charge in [0.05, 0.1) is 11.1 Å². The normalized spacial score (nSPS) is 17.3. The zero-order chi connectivity index (χ0) is 17.3. The SMILES string of the molecule is Cc1cc(CNC(=O)[C@@H]2CCc3cn[nH]c3C2)ccc1S(N)(=O)=O. The van der Waals surface area contributed by atoms with Gasteiger partial charge in [-0.05, 0) is 42.5 Å². The Kier molecular flexibility index (Phi) is 4.42. The Balaban J connectivity index is 1.62. The molecular formula is C16H20N4O3S. The topological polar surface area (TPSA) is 118 Å². The average molecular weight is 348 g/mol. The van der Waals surface area contributed by atoms with Crippen molar-refractivity contribution in [2.75, 3.05) is 0 Å². The monoisotopic (exact) mass is 348 g/mol. The first-order chi connectivity index (χ1) is 11.3. The number of aryl methyl sites for hydroxylation is 2. The molecule has 2 aromatic rings. The molecule has 1 heterocycles. The van der Waals surface area contributed by atoms with Gasteiger partial charge in [0.25, 0.3) is 0 Å². The van der Waals surface area contributed by atoms with Crippen LogP contribution in [0, 0.1) is 12.8 Å². The van der Waals surface area contributed by atoms with Gasteiger partial charge in [0.15, 0.2) is 0 Å². The number of hydrogen-bond acceptors (Lipinski definition) is 4. The zero-order valence-corrected chi connectivity index (χ0v) is 14.2. The van der Waals surface area contributed by atoms with Crippen LogP contribution in [-0.4, -0.2) is 24.5 Å². The fraction of sp³-hybridized carbons (Fsp3) is 0.375. The van der Waals surface area contributed by atoms with Gasteiger partial charge in [-0.15, -0.1) is 0 Å². The van der Waals surface area contributed by atoms with Crippen LogP contribution in [0.2, 0.25) is 0 Å². The van der Waals surface area contributed by atoms with Crippen molar-refractivity contribution in [3.63, 3.8) is 0 Å². The van der Waals surface area contributed by atoms with Gasteiger partial charge in [-0.1, -0.05) is 12.1 Å². The maximum absolute atomic E-state index is 12.4. The highest BCUT2D eigenvalue weighted by atomic mass is 32.2. The second kappa shape index (κ2) is 6.37. The van der Waals surface area contributed by atoms with E-state index >= 15 is 0 Å². The number of amides is 1. The summed E-state index contributed by atoms with van der Waals surface area (Å²) < 4.78 is 22.8. The lowest BCUT2D eigenvalue weighted by atomic mass is 9.87. The van der Waals surface area contributed by atoms with Crippen LogP contribution in [0.5, 0.6) is 0 Å². The first-order valence-corrected chi connectivity index (χ1v) is 9.30. The van der Waals surface area contributed by atoms with Crippen molar-refractivity contribution in [2.24, 2.45) is 11.1 Å². The van der Waals surface area contributed by atoms with E-state index in [-0.39, 0.29) is 16.7 Å². The van der Waals surface area contributed by atoms with Crippen molar-refractivity contribution in [3.8, 4) is 0 Å². The summed E-state index contributed by atoms with van der Waals surface area (Å²) in [5, 5.41) is 15.0. The Morgan fingerprint density at radius 3 is 2.96 bits per heavy atom. The number of nitrogens with two attached hydrogens (primary N) is 1. The van der Waals surface area contributed by atoms with E-state index in [4.69, 9.17) is 5.14 Å². The predicted molar refractivity (Wildman–Crippen MR) is 88.5 cm³/mol. The minimum absolute atomic E-state index is 0.00317. The number of primary sulfonamides is 1. The highest BCUT2D eigenvalue weighted by Crippen LogP contribution is 2.24. The number of hydrogen-bond donors (Lipinski definition) is 3. The molecule has 128 valence electrons. The molecule has 0 bridgehead atoms. The van der Waals surface area contributed by atoms with E-state index in [0.29, 0.717) is 18.5 Å². The average Bonchev–Trinajstić information content (AvgIpc) is 2.98. The molecule has 0 radical (unpaired) electrons. The number of sulfonamides is 1. The molecule has 1 atom stereocenters. The third kappa shape index (κ3) is 3.49. The molecule has 1 aromatic carbocycles. The van der Waals surface area contributed by atoms with Crippen LogP contribution < -0.4 is 10.5 Å². The number of fused-ring (bicyclic) bond motifs is 1. The maximum Gasteiger partial charge on any atom is 0.238 e. The van der Waals surface area contributed by atoms with Gasteiger partial charge in [-0.25, -0.2) is 13.6 Å². The van der Waals surface area contributed by atoms with Crippen molar-refractivity contribution in [1.82, 2.24) is 15.5 Å². The van der Waals surface area contributed by atoms with Gasteiger partial charge < -0.3 is 5.32 Å². The molecule has 0 unspecified atom stereocenters. The van der Waals surface area contributed by atoms with Crippen LogP contribution in [0.3, 0.4) is 0 Å². The van der Waals surface area contributed by atoms with Crippen LogP contribution >= 0.6 is 0 Å². The number of aromatic nitrogens is 2. The van der Waals surface area contributed by atoms with E-state index in [1.807, 2.05) is 6.20 Å². The predicted octanol–water partition coefficient (Wildman–Crippen LogP) is 0.787. The number of rotatable bonds is 4.